The van der Waals surface area contributed by atoms with E-state index in [1.165, 1.54) is 24.3 Å². The van der Waals surface area contributed by atoms with Crippen LogP contribution in [0.25, 0.3) is 0 Å². The predicted octanol–water partition coefficient (Wildman–Crippen LogP) is 3.32. The fourth-order valence-corrected chi connectivity index (χ4v) is 3.37. The molecule has 1 amide bonds. The molecule has 2 N–H and O–H groups in total. The average molecular weight is 383 g/mol. The van der Waals surface area contributed by atoms with Gasteiger partial charge in [-0.1, -0.05) is 18.2 Å². The Labute approximate surface area is 159 Å². The molecular weight excluding hydrogens is 366 g/mol. The maximum absolute atomic E-state index is 12.4. The molecule has 2 heterocycles. The van der Waals surface area contributed by atoms with E-state index in [0.717, 1.165) is 4.88 Å². The van der Waals surface area contributed by atoms with Gasteiger partial charge in [-0.3, -0.25) is 9.59 Å². The zero-order valence-electron chi connectivity index (χ0n) is 14.5. The smallest absolute Gasteiger partial charge is 0.350 e. The van der Waals surface area contributed by atoms with Crippen molar-refractivity contribution in [1.82, 2.24) is 0 Å². The van der Waals surface area contributed by atoms with Crippen molar-refractivity contribution in [2.45, 2.75) is 19.8 Å². The Hall–Kier alpha value is -3.19. The summed E-state index contributed by atoms with van der Waals surface area (Å²) in [5, 5.41) is 14.6. The molecule has 2 aromatic heterocycles. The number of Topliss-reactive ketones (excluding diaryl/α,β-unsaturated/α-hetero) is 1. The van der Waals surface area contributed by atoms with Crippen LogP contribution >= 0.6 is 11.3 Å². The van der Waals surface area contributed by atoms with Crippen LogP contribution in [0, 0.1) is 6.92 Å². The first-order chi connectivity index (χ1) is 12.9. The van der Waals surface area contributed by atoms with Crippen molar-refractivity contribution in [1.29, 1.82) is 0 Å². The number of rotatable bonds is 6. The molecule has 138 valence electrons. The highest BCUT2D eigenvalue weighted by Gasteiger charge is 2.18. The third-order valence-electron chi connectivity index (χ3n) is 3.82. The van der Waals surface area contributed by atoms with Gasteiger partial charge in [0.2, 0.25) is 5.91 Å². The van der Waals surface area contributed by atoms with Crippen LogP contribution in [0.5, 0.6) is 5.75 Å². The van der Waals surface area contributed by atoms with Gasteiger partial charge in [-0.15, -0.1) is 11.3 Å². The zero-order chi connectivity index (χ0) is 19.4. The molecule has 3 aromatic rings. The number of hydrogen-bond donors (Lipinski definition) is 2. The number of anilines is 1. The van der Waals surface area contributed by atoms with Crippen LogP contribution in [0.4, 0.5) is 5.69 Å². The minimum absolute atomic E-state index is 0.101. The average Bonchev–Trinajstić information content (AvgIpc) is 3.06. The Balaban J connectivity index is 1.71. The lowest BCUT2D eigenvalue weighted by Gasteiger charge is -2.07. The number of carbonyl (C=O) groups is 2. The van der Waals surface area contributed by atoms with Crippen LogP contribution in [-0.2, 0) is 17.6 Å². The van der Waals surface area contributed by atoms with Crippen molar-refractivity contribution in [2.75, 3.05) is 5.32 Å². The third-order valence-corrected chi connectivity index (χ3v) is 4.70. The van der Waals surface area contributed by atoms with Crippen LogP contribution in [-0.4, -0.2) is 16.8 Å². The summed E-state index contributed by atoms with van der Waals surface area (Å²) < 4.78 is 4.88. The van der Waals surface area contributed by atoms with Gasteiger partial charge in [-0.2, -0.15) is 0 Å². The Morgan fingerprint density at radius 2 is 1.96 bits per heavy atom. The fraction of sp³-hybridized carbons (Fsp3) is 0.150. The first kappa shape index (κ1) is 18.6. The summed E-state index contributed by atoms with van der Waals surface area (Å²) in [6.07, 6.45) is 0.176. The largest absolute Gasteiger partial charge is 0.507 e. The number of benzene rings is 1. The van der Waals surface area contributed by atoms with E-state index in [-0.39, 0.29) is 30.1 Å². The van der Waals surface area contributed by atoms with E-state index in [1.807, 2.05) is 17.5 Å². The molecule has 0 radical (unpaired) electrons. The second-order valence-electron chi connectivity index (χ2n) is 6.01. The first-order valence-electron chi connectivity index (χ1n) is 8.20. The fourth-order valence-electron chi connectivity index (χ4n) is 2.66. The number of ketones is 1. The minimum Gasteiger partial charge on any atom is -0.507 e. The van der Waals surface area contributed by atoms with Gasteiger partial charge in [0.25, 0.3) is 0 Å². The van der Waals surface area contributed by atoms with Gasteiger partial charge in [-0.05, 0) is 36.1 Å². The lowest BCUT2D eigenvalue weighted by atomic mass is 10.0. The van der Waals surface area contributed by atoms with E-state index >= 15 is 0 Å². The maximum atomic E-state index is 12.4. The van der Waals surface area contributed by atoms with Gasteiger partial charge in [0.05, 0.1) is 6.42 Å². The van der Waals surface area contributed by atoms with Crippen molar-refractivity contribution >= 4 is 28.7 Å². The van der Waals surface area contributed by atoms with E-state index in [1.54, 1.807) is 24.3 Å². The highest BCUT2D eigenvalue weighted by Crippen LogP contribution is 2.19. The van der Waals surface area contributed by atoms with Gasteiger partial charge in [0, 0.05) is 23.1 Å². The standard InChI is InChI=1S/C20H17NO5S/c1-12-8-16(22)19(20(25)26-12)17(23)10-13-4-2-5-14(9-13)21-18(24)11-15-6-3-7-27-15/h2-9,22H,10-11H2,1H3,(H,21,24). The number of nitrogens with one attached hydrogen (secondary N) is 1. The number of aromatic hydroxyl groups is 1. The number of thiophene rings is 1. The van der Waals surface area contributed by atoms with E-state index in [2.05, 4.69) is 5.32 Å². The molecule has 0 aliphatic carbocycles. The molecule has 0 aliphatic heterocycles. The Morgan fingerprint density at radius 1 is 1.15 bits per heavy atom. The summed E-state index contributed by atoms with van der Waals surface area (Å²) in [6.45, 7) is 1.51. The van der Waals surface area contributed by atoms with Gasteiger partial charge in [0.1, 0.15) is 17.1 Å². The zero-order valence-corrected chi connectivity index (χ0v) is 15.3. The number of aryl methyl sites for hydroxylation is 1. The van der Waals surface area contributed by atoms with Crippen LogP contribution in [0.1, 0.15) is 26.6 Å². The van der Waals surface area contributed by atoms with Crippen molar-refractivity contribution in [2.24, 2.45) is 0 Å². The molecule has 1 aromatic carbocycles. The quantitative estimate of drug-likeness (QED) is 0.637. The molecular formula is C20H17NO5S. The lowest BCUT2D eigenvalue weighted by molar-refractivity contribution is -0.115. The minimum atomic E-state index is -0.863. The lowest BCUT2D eigenvalue weighted by Crippen LogP contribution is -2.17. The van der Waals surface area contributed by atoms with Gasteiger partial charge in [-0.25, -0.2) is 4.79 Å². The molecule has 0 saturated heterocycles. The maximum Gasteiger partial charge on any atom is 0.350 e. The highest BCUT2D eigenvalue weighted by molar-refractivity contribution is 7.10. The van der Waals surface area contributed by atoms with Crippen molar-refractivity contribution in [3.05, 3.63) is 80.0 Å². The van der Waals surface area contributed by atoms with Gasteiger partial charge in [0.15, 0.2) is 5.78 Å². The topological polar surface area (TPSA) is 96.6 Å². The summed E-state index contributed by atoms with van der Waals surface area (Å²) in [5.74, 6) is -0.875. The summed E-state index contributed by atoms with van der Waals surface area (Å²) in [7, 11) is 0. The molecule has 0 unspecified atom stereocenters. The Morgan fingerprint density at radius 3 is 2.67 bits per heavy atom. The molecule has 0 atom stereocenters. The van der Waals surface area contributed by atoms with E-state index < -0.39 is 17.2 Å². The second-order valence-corrected chi connectivity index (χ2v) is 7.04. The number of amides is 1. The van der Waals surface area contributed by atoms with Crippen molar-refractivity contribution in [3.63, 3.8) is 0 Å². The molecule has 6 nitrogen and oxygen atoms in total. The molecule has 3 rings (SSSR count). The predicted molar refractivity (Wildman–Crippen MR) is 103 cm³/mol. The third kappa shape index (κ3) is 4.71. The van der Waals surface area contributed by atoms with E-state index in [9.17, 15) is 19.5 Å². The molecule has 0 aliphatic rings. The Bertz CT molecular complexity index is 1040. The van der Waals surface area contributed by atoms with Crippen LogP contribution in [0.3, 0.4) is 0 Å². The van der Waals surface area contributed by atoms with Gasteiger partial charge >= 0.3 is 5.63 Å². The molecule has 0 spiro atoms. The summed E-state index contributed by atoms with van der Waals surface area (Å²) in [5.41, 5.74) is -0.0686. The Kier molecular flexibility index (Phi) is 5.52. The summed E-state index contributed by atoms with van der Waals surface area (Å²) >= 11 is 1.51. The number of hydrogen-bond acceptors (Lipinski definition) is 6. The van der Waals surface area contributed by atoms with Crippen LogP contribution < -0.4 is 10.9 Å². The number of carbonyl (C=O) groups excluding carboxylic acids is 2. The molecule has 27 heavy (non-hydrogen) atoms. The monoisotopic (exact) mass is 383 g/mol. The summed E-state index contributed by atoms with van der Waals surface area (Å²) in [6, 6.07) is 11.8. The first-order valence-corrected chi connectivity index (χ1v) is 9.08. The van der Waals surface area contributed by atoms with E-state index in [4.69, 9.17) is 4.42 Å². The van der Waals surface area contributed by atoms with Crippen molar-refractivity contribution < 1.29 is 19.1 Å². The van der Waals surface area contributed by atoms with E-state index in [0.29, 0.717) is 11.3 Å². The van der Waals surface area contributed by atoms with Gasteiger partial charge < -0.3 is 14.8 Å². The summed E-state index contributed by atoms with van der Waals surface area (Å²) in [4.78, 5) is 37.3. The molecule has 7 heteroatoms. The highest BCUT2D eigenvalue weighted by atomic mass is 32.1. The normalized spacial score (nSPS) is 10.6. The molecule has 0 fully saturated rings. The van der Waals surface area contributed by atoms with Crippen molar-refractivity contribution in [3.8, 4) is 5.75 Å². The second kappa shape index (κ2) is 8.01. The molecule has 0 saturated carbocycles. The van der Waals surface area contributed by atoms with Crippen LogP contribution in [0.2, 0.25) is 0 Å². The SMILES string of the molecule is Cc1cc(O)c(C(=O)Cc2cccc(NC(=O)Cc3cccs3)c2)c(=O)o1. The van der Waals surface area contributed by atoms with Crippen LogP contribution in [0.15, 0.2) is 57.1 Å². The molecule has 0 bridgehead atoms.